The van der Waals surface area contributed by atoms with Gasteiger partial charge in [-0.15, -0.1) is 0 Å². The van der Waals surface area contributed by atoms with E-state index in [1.807, 2.05) is 0 Å². The number of benzene rings is 1. The molecule has 0 N–H and O–H groups in total. The Hall–Kier alpha value is -1.60. The van der Waals surface area contributed by atoms with Crippen LogP contribution in [-0.4, -0.2) is 24.6 Å². The molecule has 0 saturated carbocycles. The highest BCUT2D eigenvalue weighted by atomic mass is 35.7. The van der Waals surface area contributed by atoms with Crippen molar-refractivity contribution in [2.45, 2.75) is 11.4 Å². The molecule has 0 unspecified atom stereocenters. The van der Waals surface area contributed by atoms with Crippen LogP contribution < -0.4 is 4.74 Å². The molecule has 102 valence electrons. The van der Waals surface area contributed by atoms with Crippen molar-refractivity contribution in [1.29, 1.82) is 0 Å². The molecule has 1 heterocycles. The van der Waals surface area contributed by atoms with Crippen molar-refractivity contribution in [3.63, 3.8) is 0 Å². The maximum Gasteiger partial charge on any atom is 0.265 e. The van der Waals surface area contributed by atoms with Crippen molar-refractivity contribution in [2.24, 2.45) is 0 Å². The topological polar surface area (TPSA) is 61.2 Å². The van der Waals surface area contributed by atoms with Crippen LogP contribution in [0.2, 0.25) is 0 Å². The quantitative estimate of drug-likeness (QED) is 0.793. The highest BCUT2D eigenvalue weighted by molar-refractivity contribution is 8.13. The molecule has 0 radical (unpaired) electrons. The minimum absolute atomic E-state index is 0.0246. The molecule has 1 aromatic carbocycles. The number of ether oxygens (including phenoxy) is 1. The predicted octanol–water partition coefficient (Wildman–Crippen LogP) is 2.03. The van der Waals surface area contributed by atoms with Crippen molar-refractivity contribution in [2.75, 3.05) is 6.61 Å². The second-order valence-electron chi connectivity index (χ2n) is 3.68. The van der Waals surface area contributed by atoms with Gasteiger partial charge < -0.3 is 9.30 Å². The van der Waals surface area contributed by atoms with E-state index in [9.17, 15) is 12.8 Å². The fraction of sp³-hybridized carbons (Fsp3) is 0.182. The molecule has 0 aliphatic carbocycles. The summed E-state index contributed by atoms with van der Waals surface area (Å²) in [4.78, 5) is 3.48. The molecule has 0 bridgehead atoms. The lowest BCUT2D eigenvalue weighted by Gasteiger charge is -2.10. The number of hydrogen-bond acceptors (Lipinski definition) is 4. The maximum absolute atomic E-state index is 13.0. The summed E-state index contributed by atoms with van der Waals surface area (Å²) in [5.41, 5.74) is 0. The monoisotopic (exact) mass is 304 g/mol. The molecule has 5 nitrogen and oxygen atoms in total. The third-order valence-corrected chi connectivity index (χ3v) is 3.68. The van der Waals surface area contributed by atoms with Gasteiger partial charge in [0.2, 0.25) is 0 Å². The first-order valence-corrected chi connectivity index (χ1v) is 7.60. The van der Waals surface area contributed by atoms with E-state index in [1.165, 1.54) is 6.07 Å². The largest absolute Gasteiger partial charge is 0.490 e. The smallest absolute Gasteiger partial charge is 0.265 e. The van der Waals surface area contributed by atoms with E-state index in [2.05, 4.69) is 4.98 Å². The molecule has 0 fully saturated rings. The van der Waals surface area contributed by atoms with E-state index >= 15 is 0 Å². The molecule has 19 heavy (non-hydrogen) atoms. The van der Waals surface area contributed by atoms with Gasteiger partial charge in [-0.3, -0.25) is 0 Å². The van der Waals surface area contributed by atoms with Gasteiger partial charge in [-0.25, -0.2) is 17.8 Å². The van der Waals surface area contributed by atoms with Gasteiger partial charge in [-0.2, -0.15) is 0 Å². The number of hydrogen-bond donors (Lipinski definition) is 0. The number of rotatable bonds is 5. The van der Waals surface area contributed by atoms with Gasteiger partial charge in [0.15, 0.2) is 0 Å². The first-order chi connectivity index (χ1) is 8.97. The molecular formula is C11H10ClFN2O3S. The molecule has 8 heteroatoms. The zero-order valence-electron chi connectivity index (χ0n) is 9.66. The summed E-state index contributed by atoms with van der Waals surface area (Å²) in [5, 5.41) is 0. The Labute approximate surface area is 114 Å². The van der Waals surface area contributed by atoms with Crippen molar-refractivity contribution in [3.8, 4) is 5.75 Å². The zero-order valence-corrected chi connectivity index (χ0v) is 11.2. The molecule has 1 aromatic heterocycles. The van der Waals surface area contributed by atoms with Crippen LogP contribution in [0.4, 0.5) is 4.39 Å². The summed E-state index contributed by atoms with van der Waals surface area (Å²) >= 11 is 0. The Morgan fingerprint density at radius 1 is 1.42 bits per heavy atom. The van der Waals surface area contributed by atoms with Crippen LogP contribution in [0.1, 0.15) is 0 Å². The van der Waals surface area contributed by atoms with Crippen molar-refractivity contribution in [1.82, 2.24) is 9.55 Å². The summed E-state index contributed by atoms with van der Waals surface area (Å²) in [6.07, 6.45) is 4.97. The molecule has 0 spiro atoms. The number of halogens is 2. The van der Waals surface area contributed by atoms with E-state index in [-0.39, 0.29) is 17.3 Å². The normalized spacial score (nSPS) is 11.5. The van der Waals surface area contributed by atoms with Crippen LogP contribution >= 0.6 is 10.7 Å². The zero-order chi connectivity index (χ0) is 13.9. The van der Waals surface area contributed by atoms with E-state index in [0.29, 0.717) is 6.54 Å². The highest BCUT2D eigenvalue weighted by Gasteiger charge is 2.17. The number of imidazole rings is 1. The Kier molecular flexibility index (Phi) is 4.06. The average Bonchev–Trinajstić information content (AvgIpc) is 2.83. The molecule has 0 saturated heterocycles. The van der Waals surface area contributed by atoms with Gasteiger partial charge in [0.1, 0.15) is 23.1 Å². The molecule has 0 atom stereocenters. The van der Waals surface area contributed by atoms with Crippen LogP contribution in [0.5, 0.6) is 5.75 Å². The lowest BCUT2D eigenvalue weighted by atomic mass is 10.3. The van der Waals surface area contributed by atoms with E-state index in [0.717, 1.165) is 12.1 Å². The number of nitrogens with zero attached hydrogens (tertiary/aromatic N) is 2. The summed E-state index contributed by atoms with van der Waals surface area (Å²) in [6, 6.07) is 3.17. The van der Waals surface area contributed by atoms with Gasteiger partial charge in [0.25, 0.3) is 9.05 Å². The fourth-order valence-electron chi connectivity index (χ4n) is 1.47. The Bertz CT molecular complexity index is 659. The first-order valence-electron chi connectivity index (χ1n) is 5.29. The van der Waals surface area contributed by atoms with E-state index in [1.54, 1.807) is 23.3 Å². The molecule has 2 aromatic rings. The third-order valence-electron chi connectivity index (χ3n) is 2.33. The minimum Gasteiger partial charge on any atom is -0.490 e. The highest BCUT2D eigenvalue weighted by Crippen LogP contribution is 2.27. The summed E-state index contributed by atoms with van der Waals surface area (Å²) in [7, 11) is 1.17. The summed E-state index contributed by atoms with van der Waals surface area (Å²) < 4.78 is 42.7. The second-order valence-corrected chi connectivity index (χ2v) is 6.21. The van der Waals surface area contributed by atoms with Gasteiger partial charge in [-0.05, 0) is 18.2 Å². The number of aromatic nitrogens is 2. The van der Waals surface area contributed by atoms with Crippen molar-refractivity contribution >= 4 is 19.7 Å². The maximum atomic E-state index is 13.0. The predicted molar refractivity (Wildman–Crippen MR) is 67.2 cm³/mol. The Morgan fingerprint density at radius 2 is 2.21 bits per heavy atom. The van der Waals surface area contributed by atoms with Crippen molar-refractivity contribution < 1.29 is 17.5 Å². The molecule has 0 amide bonds. The Balaban J connectivity index is 2.12. The third kappa shape index (κ3) is 3.68. The van der Waals surface area contributed by atoms with Crippen LogP contribution in [-0.2, 0) is 15.6 Å². The summed E-state index contributed by atoms with van der Waals surface area (Å²) in [5.74, 6) is -0.669. The van der Waals surface area contributed by atoms with Gasteiger partial charge >= 0.3 is 0 Å². The van der Waals surface area contributed by atoms with Gasteiger partial charge in [0, 0.05) is 23.1 Å². The molecular weight excluding hydrogens is 295 g/mol. The molecule has 0 aliphatic rings. The van der Waals surface area contributed by atoms with Crippen LogP contribution in [0, 0.1) is 5.82 Å². The fourth-order valence-corrected chi connectivity index (χ4v) is 2.45. The van der Waals surface area contributed by atoms with Gasteiger partial charge in [-0.1, -0.05) is 0 Å². The summed E-state index contributed by atoms with van der Waals surface area (Å²) in [6.45, 7) is 0.695. The van der Waals surface area contributed by atoms with Crippen LogP contribution in [0.25, 0.3) is 0 Å². The van der Waals surface area contributed by atoms with Gasteiger partial charge in [0.05, 0.1) is 12.9 Å². The average molecular weight is 305 g/mol. The standard InChI is InChI=1S/C11H10ClFN2O3S/c12-19(16,17)11-7-9(13)1-2-10(11)18-6-5-15-4-3-14-8-15/h1-4,7-8H,5-6H2. The SMILES string of the molecule is O=S(=O)(Cl)c1cc(F)ccc1OCCn1ccnc1. The Morgan fingerprint density at radius 3 is 2.84 bits per heavy atom. The van der Waals surface area contributed by atoms with E-state index < -0.39 is 14.9 Å². The second kappa shape index (κ2) is 5.58. The minimum atomic E-state index is -4.05. The van der Waals surface area contributed by atoms with Crippen LogP contribution in [0.15, 0.2) is 41.8 Å². The van der Waals surface area contributed by atoms with Crippen LogP contribution in [0.3, 0.4) is 0 Å². The molecule has 0 aliphatic heterocycles. The van der Waals surface area contributed by atoms with Crippen molar-refractivity contribution in [3.05, 3.63) is 42.7 Å². The molecule has 2 rings (SSSR count). The lowest BCUT2D eigenvalue weighted by molar-refractivity contribution is 0.290. The van der Waals surface area contributed by atoms with E-state index in [4.69, 9.17) is 15.4 Å². The lowest BCUT2D eigenvalue weighted by Crippen LogP contribution is -2.08. The first kappa shape index (κ1) is 13.8.